The maximum atomic E-state index is 12.5. The van der Waals surface area contributed by atoms with Gasteiger partial charge in [-0.25, -0.2) is 4.79 Å². The second-order valence-electron chi connectivity index (χ2n) is 8.06. The molecule has 1 aliphatic heterocycles. The Kier molecular flexibility index (Phi) is 7.21. The number of carbonyl (C=O) groups is 4. The van der Waals surface area contributed by atoms with Crippen LogP contribution in [0.3, 0.4) is 0 Å². The van der Waals surface area contributed by atoms with Crippen molar-refractivity contribution in [2.24, 2.45) is 5.92 Å². The normalized spacial score (nSPS) is 19.5. The van der Waals surface area contributed by atoms with Gasteiger partial charge in [0.05, 0.1) is 0 Å². The van der Waals surface area contributed by atoms with Gasteiger partial charge in [-0.05, 0) is 32.1 Å². The first-order valence-corrected chi connectivity index (χ1v) is 9.82. The molecule has 2 aliphatic rings. The largest absolute Gasteiger partial charge is 0.454 e. The van der Waals surface area contributed by atoms with E-state index in [2.05, 4.69) is 24.5 Å². The molecule has 1 saturated heterocycles. The summed E-state index contributed by atoms with van der Waals surface area (Å²) in [5, 5.41) is 5.49. The summed E-state index contributed by atoms with van der Waals surface area (Å²) in [6, 6.07) is -0.565. The molecule has 0 unspecified atom stereocenters. The third kappa shape index (κ3) is 5.68. The molecule has 1 heterocycles. The first-order chi connectivity index (χ1) is 12.7. The van der Waals surface area contributed by atoms with Crippen LogP contribution >= 0.6 is 0 Å². The van der Waals surface area contributed by atoms with Crippen molar-refractivity contribution in [3.63, 3.8) is 0 Å². The predicted octanol–water partition coefficient (Wildman–Crippen LogP) is 1.73. The topological polar surface area (TPSA) is 105 Å². The van der Waals surface area contributed by atoms with Crippen molar-refractivity contribution in [1.29, 1.82) is 0 Å². The third-order valence-electron chi connectivity index (χ3n) is 5.18. The Labute approximate surface area is 160 Å². The lowest BCUT2D eigenvalue weighted by Gasteiger charge is -2.19. The Morgan fingerprint density at radius 3 is 2.48 bits per heavy atom. The van der Waals surface area contributed by atoms with E-state index in [0.29, 0.717) is 18.8 Å². The number of nitrogens with zero attached hydrogens (tertiary/aromatic N) is 1. The molecule has 1 atom stereocenters. The first-order valence-electron chi connectivity index (χ1n) is 9.82. The highest BCUT2D eigenvalue weighted by Crippen LogP contribution is 2.34. The van der Waals surface area contributed by atoms with Gasteiger partial charge < -0.3 is 15.4 Å². The Morgan fingerprint density at radius 2 is 1.85 bits per heavy atom. The minimum absolute atomic E-state index is 0.00288. The molecule has 2 N–H and O–H groups in total. The monoisotopic (exact) mass is 381 g/mol. The fourth-order valence-corrected chi connectivity index (χ4v) is 3.68. The van der Waals surface area contributed by atoms with E-state index >= 15 is 0 Å². The molecule has 152 valence electrons. The molecule has 0 aromatic carbocycles. The van der Waals surface area contributed by atoms with E-state index in [-0.39, 0.29) is 17.9 Å². The zero-order chi connectivity index (χ0) is 20.0. The van der Waals surface area contributed by atoms with Crippen LogP contribution in [0.25, 0.3) is 0 Å². The maximum Gasteiger partial charge on any atom is 0.326 e. The van der Waals surface area contributed by atoms with Crippen LogP contribution in [0.15, 0.2) is 0 Å². The fraction of sp³-hybridized carbons (Fsp3) is 0.789. The van der Waals surface area contributed by atoms with Crippen LogP contribution in [0.1, 0.15) is 65.7 Å². The molecule has 8 heteroatoms. The van der Waals surface area contributed by atoms with Crippen molar-refractivity contribution in [3.8, 4) is 0 Å². The lowest BCUT2D eigenvalue weighted by molar-refractivity contribution is -0.151. The second kappa shape index (κ2) is 9.19. The fourth-order valence-electron chi connectivity index (χ4n) is 3.68. The molecule has 27 heavy (non-hydrogen) atoms. The van der Waals surface area contributed by atoms with Crippen LogP contribution in [0.4, 0.5) is 4.79 Å². The summed E-state index contributed by atoms with van der Waals surface area (Å²) in [6.45, 7) is 5.34. The first kappa shape index (κ1) is 21.2. The van der Waals surface area contributed by atoms with Crippen molar-refractivity contribution < 1.29 is 23.9 Å². The molecule has 8 nitrogen and oxygen atoms in total. The lowest BCUT2D eigenvalue weighted by Crippen LogP contribution is -2.44. The molecule has 2 rings (SSSR count). The summed E-state index contributed by atoms with van der Waals surface area (Å²) in [4.78, 5) is 49.2. The number of carbonyl (C=O) groups excluding carboxylic acids is 4. The number of urea groups is 1. The molecule has 0 radical (unpaired) electrons. The summed E-state index contributed by atoms with van der Waals surface area (Å²) < 4.78 is 4.93. The number of amides is 4. The van der Waals surface area contributed by atoms with Gasteiger partial charge >= 0.3 is 12.0 Å². The van der Waals surface area contributed by atoms with Gasteiger partial charge in [0.1, 0.15) is 12.1 Å². The van der Waals surface area contributed by atoms with E-state index in [0.717, 1.165) is 37.0 Å². The van der Waals surface area contributed by atoms with E-state index in [9.17, 15) is 19.2 Å². The predicted molar refractivity (Wildman–Crippen MR) is 98.7 cm³/mol. The van der Waals surface area contributed by atoms with E-state index in [1.807, 2.05) is 6.92 Å². The van der Waals surface area contributed by atoms with Crippen LogP contribution < -0.4 is 10.6 Å². The Morgan fingerprint density at radius 1 is 1.19 bits per heavy atom. The molecule has 0 bridgehead atoms. The highest BCUT2D eigenvalue weighted by atomic mass is 16.5. The molecule has 1 spiro atoms. The van der Waals surface area contributed by atoms with Gasteiger partial charge in [-0.3, -0.25) is 19.3 Å². The van der Waals surface area contributed by atoms with Crippen molar-refractivity contribution in [3.05, 3.63) is 0 Å². The molecule has 4 amide bonds. The average Bonchev–Trinajstić information content (AvgIpc) is 3.14. The lowest BCUT2D eigenvalue weighted by atomic mass is 9.98. The minimum Gasteiger partial charge on any atom is -0.454 e. The van der Waals surface area contributed by atoms with E-state index in [4.69, 9.17) is 4.74 Å². The van der Waals surface area contributed by atoms with E-state index < -0.39 is 30.7 Å². The second-order valence-corrected chi connectivity index (χ2v) is 8.06. The molecule has 0 aromatic rings. The van der Waals surface area contributed by atoms with Crippen LogP contribution in [-0.4, -0.2) is 53.4 Å². The van der Waals surface area contributed by atoms with Crippen molar-refractivity contribution in [2.75, 3.05) is 13.2 Å². The van der Waals surface area contributed by atoms with Crippen LogP contribution in [0, 0.1) is 5.92 Å². The van der Waals surface area contributed by atoms with Crippen molar-refractivity contribution in [1.82, 2.24) is 15.5 Å². The Bertz CT molecular complexity index is 584. The van der Waals surface area contributed by atoms with Crippen LogP contribution in [0.2, 0.25) is 0 Å². The van der Waals surface area contributed by atoms with Crippen LogP contribution in [0.5, 0.6) is 0 Å². The van der Waals surface area contributed by atoms with Crippen LogP contribution in [-0.2, 0) is 19.1 Å². The number of hydrogen-bond acceptors (Lipinski definition) is 5. The molecule has 1 aliphatic carbocycles. The molecule has 0 aromatic heterocycles. The summed E-state index contributed by atoms with van der Waals surface area (Å²) in [5.74, 6) is -0.895. The van der Waals surface area contributed by atoms with Crippen molar-refractivity contribution >= 4 is 23.8 Å². The maximum absolute atomic E-state index is 12.5. The number of ether oxygens (including phenoxy) is 1. The zero-order valence-electron chi connectivity index (χ0n) is 16.5. The minimum atomic E-state index is -0.847. The summed E-state index contributed by atoms with van der Waals surface area (Å²) >= 11 is 0. The van der Waals surface area contributed by atoms with Crippen molar-refractivity contribution in [2.45, 2.75) is 77.3 Å². The van der Waals surface area contributed by atoms with E-state index in [1.54, 1.807) is 0 Å². The summed E-state index contributed by atoms with van der Waals surface area (Å²) in [5.41, 5.74) is -0.847. The Hall–Kier alpha value is -2.12. The highest BCUT2D eigenvalue weighted by molar-refractivity contribution is 6.08. The number of rotatable bonds is 9. The molecular formula is C19H31N3O5. The van der Waals surface area contributed by atoms with Gasteiger partial charge in [0, 0.05) is 6.04 Å². The number of hydrogen-bond donors (Lipinski definition) is 2. The van der Waals surface area contributed by atoms with Gasteiger partial charge in [0.2, 0.25) is 0 Å². The third-order valence-corrected chi connectivity index (χ3v) is 5.18. The molecular weight excluding hydrogens is 350 g/mol. The average molecular weight is 381 g/mol. The quantitative estimate of drug-likeness (QED) is 0.467. The Balaban J connectivity index is 1.70. The van der Waals surface area contributed by atoms with Gasteiger partial charge in [-0.15, -0.1) is 0 Å². The summed E-state index contributed by atoms with van der Waals surface area (Å²) in [6.07, 6.45) is 5.93. The number of imide groups is 1. The number of nitrogens with one attached hydrogen (secondary N) is 2. The summed E-state index contributed by atoms with van der Waals surface area (Å²) in [7, 11) is 0. The van der Waals surface area contributed by atoms with Gasteiger partial charge in [0.25, 0.3) is 11.8 Å². The number of esters is 1. The zero-order valence-corrected chi connectivity index (χ0v) is 16.5. The van der Waals surface area contributed by atoms with Gasteiger partial charge in [0.15, 0.2) is 6.61 Å². The highest BCUT2D eigenvalue weighted by Gasteiger charge is 2.52. The standard InChI is InChI=1S/C19H31N3O5/c1-13(2)7-6-8-14(3)20-15(23)12-27-16(24)11-22-17(25)19(21-18(22)26)9-4-5-10-19/h13-14H,4-12H2,1-3H3,(H,20,23)(H,21,26)/t14-/m0/s1. The van der Waals surface area contributed by atoms with Gasteiger partial charge in [-0.1, -0.05) is 39.5 Å². The smallest absolute Gasteiger partial charge is 0.326 e. The van der Waals surface area contributed by atoms with E-state index in [1.165, 1.54) is 0 Å². The SMILES string of the molecule is CC(C)CCC[C@H](C)NC(=O)COC(=O)CN1C(=O)NC2(CCCC2)C1=O. The molecule has 1 saturated carbocycles. The van der Waals surface area contributed by atoms with Gasteiger partial charge in [-0.2, -0.15) is 0 Å². The molecule has 2 fully saturated rings.